The SMILES string of the molecule is NCCCNCCCCNC(=O)CNC(=O)CC(O)CCCCN=C(N)N. The molecule has 0 aliphatic carbocycles. The molecule has 0 saturated heterocycles. The molecule has 0 spiro atoms. The van der Waals surface area contributed by atoms with E-state index < -0.39 is 6.10 Å². The van der Waals surface area contributed by atoms with E-state index in [1.165, 1.54) is 0 Å². The molecular formula is C17H37N7O3. The topological polar surface area (TPSA) is 181 Å². The van der Waals surface area contributed by atoms with Gasteiger partial charge in [-0.2, -0.15) is 0 Å². The molecular weight excluding hydrogens is 350 g/mol. The van der Waals surface area contributed by atoms with Crippen molar-refractivity contribution >= 4 is 17.8 Å². The van der Waals surface area contributed by atoms with Crippen molar-refractivity contribution < 1.29 is 14.7 Å². The van der Waals surface area contributed by atoms with Gasteiger partial charge in [-0.15, -0.1) is 0 Å². The van der Waals surface area contributed by atoms with Gasteiger partial charge in [-0.05, 0) is 58.2 Å². The van der Waals surface area contributed by atoms with Gasteiger partial charge in [-0.1, -0.05) is 0 Å². The first-order chi connectivity index (χ1) is 13.0. The van der Waals surface area contributed by atoms with E-state index in [-0.39, 0.29) is 30.7 Å². The van der Waals surface area contributed by atoms with Crippen molar-refractivity contribution in [2.24, 2.45) is 22.2 Å². The number of nitrogens with one attached hydrogen (secondary N) is 3. The highest BCUT2D eigenvalue weighted by molar-refractivity contribution is 5.84. The maximum absolute atomic E-state index is 11.7. The molecule has 0 aliphatic rings. The maximum atomic E-state index is 11.7. The number of amides is 2. The van der Waals surface area contributed by atoms with Crippen molar-refractivity contribution in [3.63, 3.8) is 0 Å². The lowest BCUT2D eigenvalue weighted by molar-refractivity contribution is -0.127. The van der Waals surface area contributed by atoms with Crippen molar-refractivity contribution in [2.75, 3.05) is 39.3 Å². The normalized spacial score (nSPS) is 11.6. The highest BCUT2D eigenvalue weighted by Gasteiger charge is 2.11. The number of unbranched alkanes of at least 4 members (excludes halogenated alkanes) is 2. The molecule has 1 unspecified atom stereocenters. The summed E-state index contributed by atoms with van der Waals surface area (Å²) in [4.78, 5) is 27.2. The lowest BCUT2D eigenvalue weighted by Gasteiger charge is -2.11. The number of nitrogens with two attached hydrogens (primary N) is 3. The van der Waals surface area contributed by atoms with Crippen molar-refractivity contribution in [3.8, 4) is 0 Å². The van der Waals surface area contributed by atoms with Crippen molar-refractivity contribution in [2.45, 2.75) is 51.0 Å². The van der Waals surface area contributed by atoms with Gasteiger partial charge in [0.05, 0.1) is 19.1 Å². The van der Waals surface area contributed by atoms with Gasteiger partial charge in [0.15, 0.2) is 5.96 Å². The summed E-state index contributed by atoms with van der Waals surface area (Å²) in [6, 6.07) is 0. The third kappa shape index (κ3) is 18.7. The largest absolute Gasteiger partial charge is 0.393 e. The van der Waals surface area contributed by atoms with Crippen LogP contribution < -0.4 is 33.2 Å². The number of rotatable bonds is 17. The average Bonchev–Trinajstić information content (AvgIpc) is 2.61. The monoisotopic (exact) mass is 387 g/mol. The molecule has 0 saturated carbocycles. The van der Waals surface area contributed by atoms with Crippen molar-refractivity contribution in [1.29, 1.82) is 0 Å². The Morgan fingerprint density at radius 2 is 1.63 bits per heavy atom. The zero-order chi connectivity index (χ0) is 20.3. The lowest BCUT2D eigenvalue weighted by atomic mass is 10.1. The first-order valence-corrected chi connectivity index (χ1v) is 9.63. The molecule has 0 aromatic carbocycles. The molecule has 0 radical (unpaired) electrons. The molecule has 158 valence electrons. The highest BCUT2D eigenvalue weighted by atomic mass is 16.3. The Bertz CT molecular complexity index is 429. The molecule has 0 bridgehead atoms. The number of aliphatic hydroxyl groups is 1. The van der Waals surface area contributed by atoms with Gasteiger partial charge in [0.1, 0.15) is 0 Å². The predicted molar refractivity (Wildman–Crippen MR) is 107 cm³/mol. The number of hydrogen-bond acceptors (Lipinski definition) is 6. The molecule has 10 heteroatoms. The van der Waals surface area contributed by atoms with E-state index in [1.807, 2.05) is 0 Å². The Kier molecular flexibility index (Phi) is 16.3. The van der Waals surface area contributed by atoms with Gasteiger partial charge in [0.25, 0.3) is 0 Å². The van der Waals surface area contributed by atoms with E-state index in [4.69, 9.17) is 17.2 Å². The van der Waals surface area contributed by atoms with Crippen LogP contribution in [0.2, 0.25) is 0 Å². The van der Waals surface area contributed by atoms with Crippen LogP contribution >= 0.6 is 0 Å². The molecule has 2 amide bonds. The van der Waals surface area contributed by atoms with E-state index >= 15 is 0 Å². The first kappa shape index (κ1) is 25.1. The molecule has 0 fully saturated rings. The summed E-state index contributed by atoms with van der Waals surface area (Å²) in [6.45, 7) is 3.50. The Morgan fingerprint density at radius 1 is 0.926 bits per heavy atom. The smallest absolute Gasteiger partial charge is 0.239 e. The summed E-state index contributed by atoms with van der Waals surface area (Å²) in [7, 11) is 0. The van der Waals surface area contributed by atoms with Crippen LogP contribution in [0.25, 0.3) is 0 Å². The Balaban J connectivity index is 3.56. The molecule has 0 aromatic heterocycles. The van der Waals surface area contributed by atoms with E-state index in [1.54, 1.807) is 0 Å². The molecule has 0 rings (SSSR count). The summed E-state index contributed by atoms with van der Waals surface area (Å²) < 4.78 is 0. The van der Waals surface area contributed by atoms with Crippen LogP contribution in [0.15, 0.2) is 4.99 Å². The highest BCUT2D eigenvalue weighted by Crippen LogP contribution is 2.04. The van der Waals surface area contributed by atoms with Gasteiger partial charge in [-0.25, -0.2) is 0 Å². The van der Waals surface area contributed by atoms with Gasteiger partial charge >= 0.3 is 0 Å². The van der Waals surface area contributed by atoms with Crippen LogP contribution in [0.3, 0.4) is 0 Å². The van der Waals surface area contributed by atoms with Crippen molar-refractivity contribution in [1.82, 2.24) is 16.0 Å². The van der Waals surface area contributed by atoms with E-state index in [2.05, 4.69) is 20.9 Å². The Hall–Kier alpha value is -1.91. The number of nitrogens with zero attached hydrogens (tertiary/aromatic N) is 1. The zero-order valence-corrected chi connectivity index (χ0v) is 16.2. The van der Waals surface area contributed by atoms with E-state index in [0.717, 1.165) is 38.8 Å². The van der Waals surface area contributed by atoms with Gasteiger partial charge in [0, 0.05) is 13.1 Å². The average molecular weight is 388 g/mol. The lowest BCUT2D eigenvalue weighted by Crippen LogP contribution is -2.38. The molecule has 10 N–H and O–H groups in total. The van der Waals surface area contributed by atoms with Crippen LogP contribution in [-0.4, -0.2) is 68.3 Å². The van der Waals surface area contributed by atoms with E-state index in [0.29, 0.717) is 32.5 Å². The number of hydrogen-bond donors (Lipinski definition) is 7. The second-order valence-corrected chi connectivity index (χ2v) is 6.39. The number of carbonyl (C=O) groups excluding carboxylic acids is 2. The maximum Gasteiger partial charge on any atom is 0.239 e. The minimum Gasteiger partial charge on any atom is -0.393 e. The number of carbonyl (C=O) groups is 2. The van der Waals surface area contributed by atoms with Crippen LogP contribution in [0, 0.1) is 0 Å². The fourth-order valence-electron chi connectivity index (χ4n) is 2.28. The number of aliphatic imine (C=N–C) groups is 1. The van der Waals surface area contributed by atoms with Gasteiger partial charge in [-0.3, -0.25) is 14.6 Å². The molecule has 10 nitrogen and oxygen atoms in total. The molecule has 0 heterocycles. The van der Waals surface area contributed by atoms with Crippen LogP contribution in [0.4, 0.5) is 0 Å². The van der Waals surface area contributed by atoms with Crippen LogP contribution in [0.1, 0.15) is 44.9 Å². The van der Waals surface area contributed by atoms with Crippen LogP contribution in [-0.2, 0) is 9.59 Å². The minimum absolute atomic E-state index is 0.0238. The van der Waals surface area contributed by atoms with Gasteiger partial charge < -0.3 is 38.3 Å². The summed E-state index contributed by atoms with van der Waals surface area (Å²) in [5.74, 6) is -0.524. The van der Waals surface area contributed by atoms with Crippen molar-refractivity contribution in [3.05, 3.63) is 0 Å². The molecule has 0 aromatic rings. The third-order valence-corrected chi connectivity index (χ3v) is 3.77. The summed E-state index contributed by atoms with van der Waals surface area (Å²) in [5.41, 5.74) is 15.8. The number of guanidine groups is 1. The first-order valence-electron chi connectivity index (χ1n) is 9.63. The zero-order valence-electron chi connectivity index (χ0n) is 16.2. The quantitative estimate of drug-likeness (QED) is 0.0867. The molecule has 27 heavy (non-hydrogen) atoms. The standard InChI is InChI=1S/C17H37N7O3/c18-7-5-9-21-8-3-4-10-22-16(27)13-24-15(26)12-14(25)6-1-2-11-23-17(19)20/h14,21,25H,1-13,18H2,(H,22,27)(H,24,26)(H4,19,20,23). The number of aliphatic hydroxyl groups excluding tert-OH is 1. The molecule has 1 atom stereocenters. The van der Waals surface area contributed by atoms with E-state index in [9.17, 15) is 14.7 Å². The fraction of sp³-hybridized carbons (Fsp3) is 0.824. The summed E-state index contributed by atoms with van der Waals surface area (Å²) >= 11 is 0. The Morgan fingerprint density at radius 3 is 2.33 bits per heavy atom. The summed E-state index contributed by atoms with van der Waals surface area (Å²) in [6.07, 6.45) is 3.97. The predicted octanol–water partition coefficient (Wildman–Crippen LogP) is -1.87. The third-order valence-electron chi connectivity index (χ3n) is 3.77. The second-order valence-electron chi connectivity index (χ2n) is 6.39. The minimum atomic E-state index is -0.737. The summed E-state index contributed by atoms with van der Waals surface area (Å²) in [5, 5.41) is 18.3. The second kappa shape index (κ2) is 17.5. The Labute approximate surface area is 161 Å². The molecule has 0 aliphatic heterocycles. The fourth-order valence-corrected chi connectivity index (χ4v) is 2.28. The van der Waals surface area contributed by atoms with Crippen LogP contribution in [0.5, 0.6) is 0 Å². The van der Waals surface area contributed by atoms with Gasteiger partial charge in [0.2, 0.25) is 11.8 Å².